The molecule has 1 N–H and O–H groups in total. The van der Waals surface area contributed by atoms with Crippen molar-refractivity contribution in [1.29, 1.82) is 0 Å². The van der Waals surface area contributed by atoms with Crippen LogP contribution in [0.15, 0.2) is 0 Å². The molecule has 1 heterocycles. The van der Waals surface area contributed by atoms with Gasteiger partial charge in [0.25, 0.3) is 0 Å². The predicted molar refractivity (Wildman–Crippen MR) is 45.7 cm³/mol. The first-order valence-corrected chi connectivity index (χ1v) is 4.91. The number of alkyl halides is 1. The second-order valence-corrected chi connectivity index (χ2v) is 4.01. The Balaban J connectivity index is 2.13. The van der Waals surface area contributed by atoms with E-state index in [2.05, 4.69) is 0 Å². The van der Waals surface area contributed by atoms with Crippen LogP contribution < -0.4 is 0 Å². The molecule has 1 atom stereocenters. The molecule has 1 aliphatic heterocycles. The number of hydrogen-bond acceptors (Lipinski definition) is 3. The molecule has 0 radical (unpaired) electrons. The molecule has 1 unspecified atom stereocenters. The van der Waals surface area contributed by atoms with Gasteiger partial charge in [-0.15, -0.1) is 0 Å². The van der Waals surface area contributed by atoms with Crippen molar-refractivity contribution in [2.45, 2.75) is 12.1 Å². The van der Waals surface area contributed by atoms with Crippen LogP contribution in [0.5, 0.6) is 0 Å². The third-order valence-electron chi connectivity index (χ3n) is 1.92. The summed E-state index contributed by atoms with van der Waals surface area (Å²) in [6.07, 6.45) is -0.800. The number of thioether (sulfide) groups is 1. The largest absolute Gasteiger partial charge is 0.389 e. The lowest BCUT2D eigenvalue weighted by atomic mass is 10.3. The molecule has 1 aliphatic rings. The van der Waals surface area contributed by atoms with Gasteiger partial charge in [0.2, 0.25) is 0 Å². The molecule has 0 spiro atoms. The van der Waals surface area contributed by atoms with E-state index in [-0.39, 0.29) is 0 Å². The van der Waals surface area contributed by atoms with Gasteiger partial charge in [-0.3, -0.25) is 4.90 Å². The molecule has 11 heavy (non-hydrogen) atoms. The molecular weight excluding hydrogens is 165 g/mol. The monoisotopic (exact) mass is 179 g/mol. The van der Waals surface area contributed by atoms with Crippen molar-refractivity contribution in [3.63, 3.8) is 0 Å². The van der Waals surface area contributed by atoms with E-state index in [0.717, 1.165) is 11.5 Å². The van der Waals surface area contributed by atoms with Crippen LogP contribution in [0.2, 0.25) is 0 Å². The van der Waals surface area contributed by atoms with E-state index in [1.54, 1.807) is 0 Å². The molecule has 1 fully saturated rings. The van der Waals surface area contributed by atoms with Crippen molar-refractivity contribution in [2.75, 3.05) is 31.8 Å². The topological polar surface area (TPSA) is 23.5 Å². The lowest BCUT2D eigenvalue weighted by molar-refractivity contribution is 0.0889. The summed E-state index contributed by atoms with van der Waals surface area (Å²) in [6.45, 7) is -0.175. The van der Waals surface area contributed by atoms with Gasteiger partial charge >= 0.3 is 0 Å². The van der Waals surface area contributed by atoms with Crippen LogP contribution in [0.3, 0.4) is 0 Å². The zero-order chi connectivity index (χ0) is 8.27. The summed E-state index contributed by atoms with van der Waals surface area (Å²) in [7, 11) is 1.93. The highest BCUT2D eigenvalue weighted by atomic mass is 32.2. The third-order valence-corrected chi connectivity index (χ3v) is 3.16. The van der Waals surface area contributed by atoms with Crippen molar-refractivity contribution in [1.82, 2.24) is 4.90 Å². The van der Waals surface area contributed by atoms with E-state index >= 15 is 0 Å². The number of aliphatic hydroxyl groups excluding tert-OH is 1. The smallest absolute Gasteiger partial charge is 0.117 e. The van der Waals surface area contributed by atoms with Crippen LogP contribution in [0, 0.1) is 0 Å². The molecule has 0 aromatic heterocycles. The Morgan fingerprint density at radius 1 is 1.73 bits per heavy atom. The van der Waals surface area contributed by atoms with Crippen LogP contribution in [-0.4, -0.2) is 53.9 Å². The van der Waals surface area contributed by atoms with Gasteiger partial charge in [0.15, 0.2) is 0 Å². The molecule has 1 rings (SSSR count). The van der Waals surface area contributed by atoms with E-state index in [9.17, 15) is 4.39 Å². The summed E-state index contributed by atoms with van der Waals surface area (Å²) in [5, 5.41) is 8.97. The second kappa shape index (κ2) is 4.28. The minimum atomic E-state index is -0.800. The Morgan fingerprint density at radius 2 is 2.36 bits per heavy atom. The Bertz CT molecular complexity index is 121. The fourth-order valence-electron chi connectivity index (χ4n) is 1.01. The number of hydrogen-bond donors (Lipinski definition) is 1. The molecule has 2 nitrogen and oxygen atoms in total. The van der Waals surface area contributed by atoms with Gasteiger partial charge in [-0.2, -0.15) is 11.8 Å². The number of halogens is 1. The minimum Gasteiger partial charge on any atom is -0.389 e. The van der Waals surface area contributed by atoms with E-state index in [0.29, 0.717) is 12.6 Å². The summed E-state index contributed by atoms with van der Waals surface area (Å²) in [6, 6.07) is 0.557. The molecule has 0 saturated carbocycles. The summed E-state index contributed by atoms with van der Waals surface area (Å²) >= 11 is 1.89. The molecule has 0 bridgehead atoms. The second-order valence-electron chi connectivity index (χ2n) is 2.94. The summed E-state index contributed by atoms with van der Waals surface area (Å²) in [5.74, 6) is 2.24. The molecule has 1 saturated heterocycles. The van der Waals surface area contributed by atoms with Crippen LogP contribution >= 0.6 is 11.8 Å². The van der Waals surface area contributed by atoms with E-state index in [1.165, 1.54) is 0 Å². The van der Waals surface area contributed by atoms with Gasteiger partial charge in [-0.1, -0.05) is 0 Å². The highest BCUT2D eigenvalue weighted by Gasteiger charge is 2.23. The van der Waals surface area contributed by atoms with Crippen molar-refractivity contribution < 1.29 is 9.50 Å². The third kappa shape index (κ3) is 2.61. The van der Waals surface area contributed by atoms with Gasteiger partial charge in [-0.05, 0) is 7.05 Å². The van der Waals surface area contributed by atoms with Gasteiger partial charge < -0.3 is 5.11 Å². The summed E-state index contributed by atoms with van der Waals surface area (Å²) in [5.41, 5.74) is 0. The normalized spacial score (nSPS) is 21.8. The average Bonchev–Trinajstić information content (AvgIpc) is 1.83. The Kier molecular flexibility index (Phi) is 3.62. The van der Waals surface area contributed by atoms with Crippen LogP contribution in [-0.2, 0) is 0 Å². The SMILES string of the molecule is CN(CC(O)CF)C1CSC1. The van der Waals surface area contributed by atoms with Crippen LogP contribution in [0.4, 0.5) is 4.39 Å². The number of aliphatic hydroxyl groups is 1. The lowest BCUT2D eigenvalue weighted by Crippen LogP contribution is -2.45. The van der Waals surface area contributed by atoms with Crippen LogP contribution in [0.25, 0.3) is 0 Å². The molecule has 4 heteroatoms. The maximum Gasteiger partial charge on any atom is 0.117 e. The average molecular weight is 179 g/mol. The number of likely N-dealkylation sites (N-methyl/N-ethyl adjacent to an activating group) is 1. The fraction of sp³-hybridized carbons (Fsp3) is 1.00. The number of rotatable bonds is 4. The highest BCUT2D eigenvalue weighted by Crippen LogP contribution is 2.21. The van der Waals surface area contributed by atoms with E-state index in [4.69, 9.17) is 5.11 Å². The van der Waals surface area contributed by atoms with Crippen molar-refractivity contribution >= 4 is 11.8 Å². The van der Waals surface area contributed by atoms with Gasteiger partial charge in [-0.25, -0.2) is 4.39 Å². The summed E-state index contributed by atoms with van der Waals surface area (Å²) < 4.78 is 11.9. The van der Waals surface area contributed by atoms with Crippen LogP contribution in [0.1, 0.15) is 0 Å². The Labute approximate surface area is 70.8 Å². The Morgan fingerprint density at radius 3 is 2.73 bits per heavy atom. The first kappa shape index (κ1) is 9.29. The lowest BCUT2D eigenvalue weighted by Gasteiger charge is -2.34. The minimum absolute atomic E-state index is 0.460. The molecule has 66 valence electrons. The van der Waals surface area contributed by atoms with Crippen molar-refractivity contribution in [2.24, 2.45) is 0 Å². The van der Waals surface area contributed by atoms with Gasteiger partial charge in [0.05, 0.1) is 6.10 Å². The van der Waals surface area contributed by atoms with Crippen molar-refractivity contribution in [3.05, 3.63) is 0 Å². The van der Waals surface area contributed by atoms with Gasteiger partial charge in [0.1, 0.15) is 6.67 Å². The molecular formula is C7H14FNOS. The highest BCUT2D eigenvalue weighted by molar-refractivity contribution is 8.00. The molecule has 0 aromatic rings. The standard InChI is InChI=1S/C7H14FNOS/c1-9(3-7(10)2-8)6-4-11-5-6/h6-7,10H,2-5H2,1H3. The fourth-order valence-corrected chi connectivity index (χ4v) is 1.96. The Hall–Kier alpha value is 0.200. The molecule has 0 aromatic carbocycles. The first-order chi connectivity index (χ1) is 5.24. The van der Waals surface area contributed by atoms with Gasteiger partial charge in [0, 0.05) is 24.1 Å². The molecule has 0 amide bonds. The maximum absolute atomic E-state index is 11.9. The summed E-state index contributed by atoms with van der Waals surface area (Å²) in [4.78, 5) is 2.03. The zero-order valence-corrected chi connectivity index (χ0v) is 7.48. The van der Waals surface area contributed by atoms with E-state index in [1.807, 2.05) is 23.7 Å². The zero-order valence-electron chi connectivity index (χ0n) is 6.66. The quantitative estimate of drug-likeness (QED) is 0.674. The molecule has 0 aliphatic carbocycles. The van der Waals surface area contributed by atoms with Crippen molar-refractivity contribution in [3.8, 4) is 0 Å². The first-order valence-electron chi connectivity index (χ1n) is 3.76. The van der Waals surface area contributed by atoms with E-state index < -0.39 is 12.8 Å². The maximum atomic E-state index is 11.9. The predicted octanol–water partition coefficient (Wildman–Crippen LogP) is 0.364. The number of nitrogens with zero attached hydrogens (tertiary/aromatic N) is 1.